The minimum atomic E-state index is -2.87. The van der Waals surface area contributed by atoms with Gasteiger partial charge in [0.25, 0.3) is 0 Å². The zero-order valence-electron chi connectivity index (χ0n) is 7.54. The van der Waals surface area contributed by atoms with Crippen LogP contribution in [0.4, 0.5) is 0 Å². The Bertz CT molecular complexity index is 242. The Morgan fingerprint density at radius 3 is 2.25 bits per heavy atom. The fraction of sp³-hybridized carbons (Fsp3) is 1.00. The number of hydrogen-bond donors (Lipinski definition) is 1. The molecule has 0 aromatic carbocycles. The van der Waals surface area contributed by atoms with Crippen LogP contribution in [0, 0.1) is 0 Å². The predicted molar refractivity (Wildman–Crippen MR) is 49.7 cm³/mol. The highest BCUT2D eigenvalue weighted by molar-refractivity contribution is 7.92. The standard InChI is InChI=1S/C8H17NO2S/c1-2-12(10,11)8(6-7-9)4-3-5-8/h2-7,9H2,1H3. The van der Waals surface area contributed by atoms with E-state index in [0.29, 0.717) is 13.0 Å². The summed E-state index contributed by atoms with van der Waals surface area (Å²) in [6.07, 6.45) is 3.32. The molecule has 1 aliphatic rings. The zero-order valence-corrected chi connectivity index (χ0v) is 8.36. The van der Waals surface area contributed by atoms with Crippen LogP contribution < -0.4 is 5.73 Å². The fourth-order valence-corrected chi connectivity index (χ4v) is 3.81. The van der Waals surface area contributed by atoms with Crippen molar-refractivity contribution in [3.63, 3.8) is 0 Å². The van der Waals surface area contributed by atoms with Crippen LogP contribution in [0.15, 0.2) is 0 Å². The van der Waals surface area contributed by atoms with Crippen LogP contribution in [0.5, 0.6) is 0 Å². The maximum absolute atomic E-state index is 11.6. The van der Waals surface area contributed by atoms with Gasteiger partial charge in [-0.05, 0) is 25.8 Å². The Morgan fingerprint density at radius 2 is 2.00 bits per heavy atom. The molecule has 2 N–H and O–H groups in total. The first-order valence-electron chi connectivity index (χ1n) is 4.50. The first-order chi connectivity index (χ1) is 5.58. The van der Waals surface area contributed by atoms with E-state index in [9.17, 15) is 8.42 Å². The molecule has 0 atom stereocenters. The van der Waals surface area contributed by atoms with E-state index >= 15 is 0 Å². The van der Waals surface area contributed by atoms with Crippen molar-refractivity contribution >= 4 is 9.84 Å². The van der Waals surface area contributed by atoms with Crippen molar-refractivity contribution in [2.24, 2.45) is 5.73 Å². The summed E-state index contributed by atoms with van der Waals surface area (Å²) in [5, 5.41) is 0. The molecule has 1 aliphatic carbocycles. The lowest BCUT2D eigenvalue weighted by atomic mass is 9.82. The van der Waals surface area contributed by atoms with Gasteiger partial charge in [-0.25, -0.2) is 8.42 Å². The van der Waals surface area contributed by atoms with Gasteiger partial charge in [-0.3, -0.25) is 0 Å². The van der Waals surface area contributed by atoms with Crippen LogP contribution in [0.2, 0.25) is 0 Å². The first kappa shape index (κ1) is 9.99. The molecule has 0 aromatic heterocycles. The van der Waals surface area contributed by atoms with Crippen LogP contribution in [0.3, 0.4) is 0 Å². The van der Waals surface area contributed by atoms with Gasteiger partial charge in [0.1, 0.15) is 0 Å². The van der Waals surface area contributed by atoms with E-state index in [0.717, 1.165) is 19.3 Å². The van der Waals surface area contributed by atoms with Crippen LogP contribution in [0.1, 0.15) is 32.6 Å². The fourth-order valence-electron chi connectivity index (χ4n) is 1.86. The van der Waals surface area contributed by atoms with Gasteiger partial charge in [0, 0.05) is 5.75 Å². The predicted octanol–water partition coefficient (Wildman–Crippen LogP) is 0.693. The van der Waals surface area contributed by atoms with Crippen molar-refractivity contribution in [2.45, 2.75) is 37.4 Å². The highest BCUT2D eigenvalue weighted by Gasteiger charge is 2.46. The normalized spacial score (nSPS) is 21.8. The van der Waals surface area contributed by atoms with E-state index in [1.165, 1.54) is 0 Å². The highest BCUT2D eigenvalue weighted by Crippen LogP contribution is 2.42. The van der Waals surface area contributed by atoms with Gasteiger partial charge < -0.3 is 5.73 Å². The van der Waals surface area contributed by atoms with Gasteiger partial charge in [-0.1, -0.05) is 13.3 Å². The summed E-state index contributed by atoms with van der Waals surface area (Å²) < 4.78 is 22.8. The Balaban J connectivity index is 2.80. The summed E-state index contributed by atoms with van der Waals surface area (Å²) in [7, 11) is -2.87. The molecular formula is C8H17NO2S. The summed E-state index contributed by atoms with van der Waals surface area (Å²) in [6, 6.07) is 0. The Hall–Kier alpha value is -0.0900. The molecule has 1 rings (SSSR count). The van der Waals surface area contributed by atoms with Crippen molar-refractivity contribution in [2.75, 3.05) is 12.3 Å². The number of hydrogen-bond acceptors (Lipinski definition) is 3. The molecule has 1 fully saturated rings. The summed E-state index contributed by atoms with van der Waals surface area (Å²) in [5.74, 6) is 0.257. The second kappa shape index (κ2) is 3.34. The molecule has 72 valence electrons. The topological polar surface area (TPSA) is 60.2 Å². The monoisotopic (exact) mass is 191 g/mol. The lowest BCUT2D eigenvalue weighted by molar-refractivity contribution is 0.321. The minimum Gasteiger partial charge on any atom is -0.330 e. The van der Waals surface area contributed by atoms with Crippen molar-refractivity contribution in [3.8, 4) is 0 Å². The van der Waals surface area contributed by atoms with E-state index in [1.54, 1.807) is 6.92 Å². The van der Waals surface area contributed by atoms with E-state index in [-0.39, 0.29) is 5.75 Å². The molecule has 0 radical (unpaired) electrons. The third-order valence-corrected chi connectivity index (χ3v) is 5.60. The molecule has 0 aliphatic heterocycles. The molecule has 4 heteroatoms. The molecule has 0 unspecified atom stereocenters. The maximum Gasteiger partial charge on any atom is 0.155 e. The third kappa shape index (κ3) is 1.38. The Kier molecular flexibility index (Phi) is 2.78. The van der Waals surface area contributed by atoms with Crippen molar-refractivity contribution in [1.82, 2.24) is 0 Å². The molecule has 0 heterocycles. The van der Waals surface area contributed by atoms with Gasteiger partial charge in [0.05, 0.1) is 4.75 Å². The van der Waals surface area contributed by atoms with Crippen molar-refractivity contribution in [3.05, 3.63) is 0 Å². The maximum atomic E-state index is 11.6. The summed E-state index contributed by atoms with van der Waals surface area (Å²) in [5.41, 5.74) is 5.41. The number of nitrogens with two attached hydrogens (primary N) is 1. The molecule has 12 heavy (non-hydrogen) atoms. The van der Waals surface area contributed by atoms with Crippen LogP contribution in [-0.4, -0.2) is 25.5 Å². The molecule has 0 bridgehead atoms. The van der Waals surface area contributed by atoms with Crippen molar-refractivity contribution < 1.29 is 8.42 Å². The molecular weight excluding hydrogens is 174 g/mol. The molecule has 1 saturated carbocycles. The first-order valence-corrected chi connectivity index (χ1v) is 6.15. The molecule has 0 spiro atoms. The second-order valence-corrected chi connectivity index (χ2v) is 6.15. The second-order valence-electron chi connectivity index (χ2n) is 3.48. The van der Waals surface area contributed by atoms with Gasteiger partial charge >= 0.3 is 0 Å². The highest BCUT2D eigenvalue weighted by atomic mass is 32.2. The molecule has 3 nitrogen and oxygen atoms in total. The molecule has 0 saturated heterocycles. The number of rotatable bonds is 4. The Labute approximate surface area is 74.3 Å². The smallest absolute Gasteiger partial charge is 0.155 e. The summed E-state index contributed by atoms with van der Waals surface area (Å²) in [4.78, 5) is 0. The van der Waals surface area contributed by atoms with E-state index in [1.807, 2.05) is 0 Å². The zero-order chi connectivity index (χ0) is 9.24. The average Bonchev–Trinajstić information content (AvgIpc) is 1.96. The summed E-state index contributed by atoms with van der Waals surface area (Å²) >= 11 is 0. The lowest BCUT2D eigenvalue weighted by Crippen LogP contribution is -2.47. The van der Waals surface area contributed by atoms with Gasteiger partial charge in [-0.2, -0.15) is 0 Å². The molecule has 0 aromatic rings. The van der Waals surface area contributed by atoms with E-state index in [4.69, 9.17) is 5.73 Å². The Morgan fingerprint density at radius 1 is 1.42 bits per heavy atom. The SMILES string of the molecule is CCS(=O)(=O)C1(CCN)CCC1. The quantitative estimate of drug-likeness (QED) is 0.711. The third-order valence-electron chi connectivity index (χ3n) is 2.90. The largest absolute Gasteiger partial charge is 0.330 e. The van der Waals surface area contributed by atoms with Gasteiger partial charge in [0.15, 0.2) is 9.84 Å². The van der Waals surface area contributed by atoms with E-state index in [2.05, 4.69) is 0 Å². The number of sulfone groups is 1. The van der Waals surface area contributed by atoms with Gasteiger partial charge in [-0.15, -0.1) is 0 Å². The van der Waals surface area contributed by atoms with Gasteiger partial charge in [0.2, 0.25) is 0 Å². The van der Waals surface area contributed by atoms with Crippen molar-refractivity contribution in [1.29, 1.82) is 0 Å². The average molecular weight is 191 g/mol. The minimum absolute atomic E-state index is 0.257. The molecule has 0 amide bonds. The lowest BCUT2D eigenvalue weighted by Gasteiger charge is -2.40. The summed E-state index contributed by atoms with van der Waals surface area (Å²) in [6.45, 7) is 2.20. The van der Waals surface area contributed by atoms with Crippen LogP contribution >= 0.6 is 0 Å². The van der Waals surface area contributed by atoms with E-state index < -0.39 is 14.6 Å². The van der Waals surface area contributed by atoms with Crippen LogP contribution in [0.25, 0.3) is 0 Å². The van der Waals surface area contributed by atoms with Crippen LogP contribution in [-0.2, 0) is 9.84 Å².